The number of nitrogens with one attached hydrogen (secondary N) is 2. The van der Waals surface area contributed by atoms with Gasteiger partial charge >= 0.3 is 0 Å². The predicted molar refractivity (Wildman–Crippen MR) is 110 cm³/mol. The lowest BCUT2D eigenvalue weighted by molar-refractivity contribution is -0.124. The van der Waals surface area contributed by atoms with E-state index < -0.39 is 0 Å². The van der Waals surface area contributed by atoms with E-state index in [2.05, 4.69) is 26.0 Å². The maximum Gasteiger partial charge on any atom is 0.243 e. The number of rotatable bonds is 8. The van der Waals surface area contributed by atoms with Gasteiger partial charge < -0.3 is 10.6 Å². The average molecular weight is 413 g/mol. The second-order valence-electron chi connectivity index (χ2n) is 6.49. The van der Waals surface area contributed by atoms with Gasteiger partial charge in [0.1, 0.15) is 0 Å². The SMILES string of the molecule is Cc1ccc(NC(=O)CNC(=O)CCCn2nnc(-c3ccccc3)n2)c(Cl)c1. The van der Waals surface area contributed by atoms with Gasteiger partial charge in [0.2, 0.25) is 17.6 Å². The third-order valence-electron chi connectivity index (χ3n) is 4.09. The third-order valence-corrected chi connectivity index (χ3v) is 4.40. The summed E-state index contributed by atoms with van der Waals surface area (Å²) in [6, 6.07) is 14.9. The zero-order valence-corrected chi connectivity index (χ0v) is 16.7. The minimum Gasteiger partial charge on any atom is -0.347 e. The Hall–Kier alpha value is -3.26. The van der Waals surface area contributed by atoms with Crippen LogP contribution in [0.25, 0.3) is 11.4 Å². The number of tetrazole rings is 1. The Bertz CT molecular complexity index is 990. The Morgan fingerprint density at radius 2 is 1.90 bits per heavy atom. The van der Waals surface area contributed by atoms with Gasteiger partial charge in [0.25, 0.3) is 0 Å². The summed E-state index contributed by atoms with van der Waals surface area (Å²) in [6.07, 6.45) is 0.780. The number of anilines is 1. The van der Waals surface area contributed by atoms with Gasteiger partial charge in [0, 0.05) is 12.0 Å². The maximum absolute atomic E-state index is 12.0. The zero-order valence-electron chi connectivity index (χ0n) is 15.9. The zero-order chi connectivity index (χ0) is 20.6. The number of nitrogens with zero attached hydrogens (tertiary/aromatic N) is 4. The van der Waals surface area contributed by atoms with Crippen LogP contribution in [0.2, 0.25) is 5.02 Å². The standard InChI is InChI=1S/C20H21ClN6O2/c1-14-9-10-17(16(21)12-14)23-19(29)13-22-18(28)8-5-11-27-25-20(24-26-27)15-6-3-2-4-7-15/h2-4,6-7,9-10,12H,5,8,11,13H2,1H3,(H,22,28)(H,23,29). The summed E-state index contributed by atoms with van der Waals surface area (Å²) >= 11 is 6.08. The molecule has 2 aromatic carbocycles. The summed E-state index contributed by atoms with van der Waals surface area (Å²) in [5.74, 6) is -0.0189. The van der Waals surface area contributed by atoms with E-state index in [1.807, 2.05) is 43.3 Å². The van der Waals surface area contributed by atoms with E-state index in [1.165, 1.54) is 4.80 Å². The molecule has 1 heterocycles. The molecule has 3 rings (SSSR count). The van der Waals surface area contributed by atoms with Crippen LogP contribution >= 0.6 is 11.6 Å². The molecule has 0 aliphatic heterocycles. The first-order valence-corrected chi connectivity index (χ1v) is 9.55. The lowest BCUT2D eigenvalue weighted by Gasteiger charge is -2.09. The number of benzene rings is 2. The topological polar surface area (TPSA) is 102 Å². The number of hydrogen-bond acceptors (Lipinski definition) is 5. The molecule has 0 atom stereocenters. The summed E-state index contributed by atoms with van der Waals surface area (Å²) in [5, 5.41) is 18.0. The van der Waals surface area contributed by atoms with Crippen molar-refractivity contribution >= 4 is 29.1 Å². The smallest absolute Gasteiger partial charge is 0.243 e. The summed E-state index contributed by atoms with van der Waals surface area (Å²) < 4.78 is 0. The molecule has 2 amide bonds. The molecule has 0 aliphatic carbocycles. The van der Waals surface area contributed by atoms with Crippen LogP contribution in [-0.2, 0) is 16.1 Å². The quantitative estimate of drug-likeness (QED) is 0.592. The van der Waals surface area contributed by atoms with Crippen molar-refractivity contribution < 1.29 is 9.59 Å². The lowest BCUT2D eigenvalue weighted by Crippen LogP contribution is -2.32. The van der Waals surface area contributed by atoms with Crippen molar-refractivity contribution in [1.82, 2.24) is 25.5 Å². The molecule has 9 heteroatoms. The first-order valence-electron chi connectivity index (χ1n) is 9.17. The fourth-order valence-electron chi connectivity index (χ4n) is 2.60. The molecule has 0 radical (unpaired) electrons. The highest BCUT2D eigenvalue weighted by Crippen LogP contribution is 2.22. The first-order chi connectivity index (χ1) is 14.0. The lowest BCUT2D eigenvalue weighted by atomic mass is 10.2. The number of amides is 2. The molecule has 29 heavy (non-hydrogen) atoms. The van der Waals surface area contributed by atoms with Crippen molar-refractivity contribution in [1.29, 1.82) is 0 Å². The van der Waals surface area contributed by atoms with Crippen molar-refractivity contribution in [3.05, 3.63) is 59.1 Å². The van der Waals surface area contributed by atoms with E-state index in [4.69, 9.17) is 11.6 Å². The van der Waals surface area contributed by atoms with E-state index in [9.17, 15) is 9.59 Å². The van der Waals surface area contributed by atoms with E-state index in [0.29, 0.717) is 29.5 Å². The minimum atomic E-state index is -0.338. The van der Waals surface area contributed by atoms with Crippen LogP contribution < -0.4 is 10.6 Å². The van der Waals surface area contributed by atoms with E-state index in [-0.39, 0.29) is 24.8 Å². The third kappa shape index (κ3) is 6.11. The van der Waals surface area contributed by atoms with Crippen LogP contribution in [0.5, 0.6) is 0 Å². The number of carbonyl (C=O) groups is 2. The van der Waals surface area contributed by atoms with E-state index in [0.717, 1.165) is 11.1 Å². The summed E-state index contributed by atoms with van der Waals surface area (Å²) in [7, 11) is 0. The molecule has 0 saturated carbocycles. The monoisotopic (exact) mass is 412 g/mol. The van der Waals surface area contributed by atoms with Gasteiger partial charge in [-0.15, -0.1) is 10.2 Å². The van der Waals surface area contributed by atoms with Gasteiger partial charge in [-0.05, 0) is 36.3 Å². The van der Waals surface area contributed by atoms with Gasteiger partial charge in [0.05, 0.1) is 23.8 Å². The van der Waals surface area contributed by atoms with Crippen LogP contribution in [0.15, 0.2) is 48.5 Å². The Morgan fingerprint density at radius 1 is 1.10 bits per heavy atom. The van der Waals surface area contributed by atoms with Gasteiger partial charge in [0.15, 0.2) is 0 Å². The number of carbonyl (C=O) groups excluding carboxylic acids is 2. The molecule has 0 fully saturated rings. The van der Waals surface area contributed by atoms with Crippen molar-refractivity contribution in [2.75, 3.05) is 11.9 Å². The fraction of sp³-hybridized carbons (Fsp3) is 0.250. The molecule has 0 saturated heterocycles. The van der Waals surface area contributed by atoms with Crippen LogP contribution in [0.3, 0.4) is 0 Å². The van der Waals surface area contributed by atoms with E-state index in [1.54, 1.807) is 12.1 Å². The van der Waals surface area contributed by atoms with Gasteiger partial charge in [-0.1, -0.05) is 48.0 Å². The van der Waals surface area contributed by atoms with Gasteiger partial charge in [-0.2, -0.15) is 4.80 Å². The van der Waals surface area contributed by atoms with Crippen LogP contribution in [0.4, 0.5) is 5.69 Å². The number of halogens is 1. The van der Waals surface area contributed by atoms with Gasteiger partial charge in [-0.25, -0.2) is 0 Å². The van der Waals surface area contributed by atoms with Crippen molar-refractivity contribution in [2.24, 2.45) is 0 Å². The van der Waals surface area contributed by atoms with Crippen LogP contribution in [0, 0.1) is 6.92 Å². The number of hydrogen-bond donors (Lipinski definition) is 2. The van der Waals surface area contributed by atoms with Gasteiger partial charge in [-0.3, -0.25) is 9.59 Å². The number of aryl methyl sites for hydroxylation is 2. The molecule has 150 valence electrons. The molecule has 0 aliphatic rings. The molecule has 1 aromatic heterocycles. The molecule has 0 spiro atoms. The maximum atomic E-state index is 12.0. The molecular weight excluding hydrogens is 392 g/mol. The first kappa shape index (κ1) is 20.5. The van der Waals surface area contributed by atoms with Crippen molar-refractivity contribution in [2.45, 2.75) is 26.3 Å². The Labute approximate surface area is 173 Å². The molecule has 2 N–H and O–H groups in total. The normalized spacial score (nSPS) is 10.6. The highest BCUT2D eigenvalue weighted by Gasteiger charge is 2.09. The average Bonchev–Trinajstić information content (AvgIpc) is 3.18. The summed E-state index contributed by atoms with van der Waals surface area (Å²) in [6.45, 7) is 2.25. The Morgan fingerprint density at radius 3 is 2.66 bits per heavy atom. The minimum absolute atomic E-state index is 0.122. The Kier molecular flexibility index (Phi) is 6.91. The summed E-state index contributed by atoms with van der Waals surface area (Å²) in [5.41, 5.74) is 2.40. The largest absolute Gasteiger partial charge is 0.347 e. The van der Waals surface area contributed by atoms with Crippen molar-refractivity contribution in [3.63, 3.8) is 0 Å². The van der Waals surface area contributed by atoms with Crippen LogP contribution in [-0.4, -0.2) is 38.6 Å². The highest BCUT2D eigenvalue weighted by atomic mass is 35.5. The second-order valence-corrected chi connectivity index (χ2v) is 6.89. The summed E-state index contributed by atoms with van der Waals surface area (Å²) in [4.78, 5) is 25.4. The molecule has 0 bridgehead atoms. The van der Waals surface area contributed by atoms with Crippen LogP contribution in [0.1, 0.15) is 18.4 Å². The predicted octanol–water partition coefficient (Wildman–Crippen LogP) is 2.84. The highest BCUT2D eigenvalue weighted by molar-refractivity contribution is 6.33. The van der Waals surface area contributed by atoms with Crippen molar-refractivity contribution in [3.8, 4) is 11.4 Å². The number of aromatic nitrogens is 4. The molecular formula is C20H21ClN6O2. The molecule has 0 unspecified atom stereocenters. The fourth-order valence-corrected chi connectivity index (χ4v) is 2.89. The van der Waals surface area contributed by atoms with E-state index >= 15 is 0 Å². The second kappa shape index (κ2) is 9.79. The molecule has 3 aromatic rings. The Balaban J connectivity index is 1.38. The molecule has 8 nitrogen and oxygen atoms in total.